The van der Waals surface area contributed by atoms with E-state index in [-0.39, 0.29) is 38.6 Å². The van der Waals surface area contributed by atoms with Crippen LogP contribution in [-0.2, 0) is 32.7 Å². The minimum Gasteiger partial charge on any atom is -0.462 e. The number of phosphoric ester groups is 1. The monoisotopic (exact) mass is 1300 g/mol. The van der Waals surface area contributed by atoms with E-state index in [1.165, 1.54) is 302 Å². The van der Waals surface area contributed by atoms with Gasteiger partial charge < -0.3 is 20.1 Å². The first-order valence-electron chi connectivity index (χ1n) is 39.4. The lowest BCUT2D eigenvalue weighted by atomic mass is 10.0. The fourth-order valence-electron chi connectivity index (χ4n) is 11.8. The lowest BCUT2D eigenvalue weighted by Crippen LogP contribution is -2.29. The van der Waals surface area contributed by atoms with Gasteiger partial charge in [0.2, 0.25) is 0 Å². The molecule has 0 aliphatic heterocycles. The summed E-state index contributed by atoms with van der Waals surface area (Å²) in [7, 11) is -4.39. The number of rotatable bonds is 75. The van der Waals surface area contributed by atoms with Gasteiger partial charge in [0.05, 0.1) is 13.2 Å². The molecule has 0 heterocycles. The Kier molecular flexibility index (Phi) is 74.3. The van der Waals surface area contributed by atoms with Gasteiger partial charge >= 0.3 is 19.8 Å². The highest BCUT2D eigenvalue weighted by molar-refractivity contribution is 7.47. The van der Waals surface area contributed by atoms with Crippen LogP contribution in [0.25, 0.3) is 0 Å². The van der Waals surface area contributed by atoms with Crippen LogP contribution in [0.15, 0.2) is 72.9 Å². The molecule has 3 N–H and O–H groups in total. The predicted octanol–water partition coefficient (Wildman–Crippen LogP) is 26.3. The predicted molar refractivity (Wildman–Crippen MR) is 395 cm³/mol. The SMILES string of the molecule is CC/C=C\C/C=C\C/C=C\C/C=C\CCCCCCCCCCCCCCCCCCCCCCCCCCCCC(=O)OC(COC(=O)CCCCCCCCCCCCCCCCCCCCC/C=C\C/C=C\CCCCCCC)COP(=O)(O)OCCN. The Morgan fingerprint density at radius 3 is 0.901 bits per heavy atom. The number of phosphoric acid groups is 1. The Hall–Kier alpha value is -2.55. The molecule has 91 heavy (non-hydrogen) atoms. The summed E-state index contributed by atoms with van der Waals surface area (Å²) in [4.78, 5) is 35.5. The molecule has 0 aromatic rings. The van der Waals surface area contributed by atoms with Crippen LogP contribution in [-0.4, -0.2) is 49.3 Å². The molecule has 0 radical (unpaired) electrons. The van der Waals surface area contributed by atoms with Crippen LogP contribution in [0.2, 0.25) is 0 Å². The smallest absolute Gasteiger partial charge is 0.462 e. The van der Waals surface area contributed by atoms with Crippen LogP contribution >= 0.6 is 7.82 Å². The number of carbonyl (C=O) groups excluding carboxylic acids is 2. The maximum atomic E-state index is 12.8. The number of nitrogens with two attached hydrogens (primary N) is 1. The fourth-order valence-corrected chi connectivity index (χ4v) is 12.5. The molecule has 0 amide bonds. The molecule has 0 saturated heterocycles. The second-order valence-electron chi connectivity index (χ2n) is 26.6. The van der Waals surface area contributed by atoms with E-state index in [1.807, 2.05) is 0 Å². The van der Waals surface area contributed by atoms with Crippen LogP contribution in [0.4, 0.5) is 0 Å². The zero-order chi connectivity index (χ0) is 65.8. The number of allylic oxidation sites excluding steroid dienone is 12. The van der Waals surface area contributed by atoms with Crippen LogP contribution in [0.5, 0.6) is 0 Å². The van der Waals surface area contributed by atoms with Gasteiger partial charge in [-0.3, -0.25) is 18.6 Å². The zero-order valence-corrected chi connectivity index (χ0v) is 61.0. The highest BCUT2D eigenvalue weighted by atomic mass is 31.2. The molecule has 532 valence electrons. The zero-order valence-electron chi connectivity index (χ0n) is 60.1. The summed E-state index contributed by atoms with van der Waals surface area (Å²) >= 11 is 0. The maximum absolute atomic E-state index is 12.8. The van der Waals surface area contributed by atoms with Crippen molar-refractivity contribution in [3.05, 3.63) is 72.9 Å². The molecule has 0 aliphatic carbocycles. The molecule has 9 nitrogen and oxygen atoms in total. The van der Waals surface area contributed by atoms with Gasteiger partial charge in [0.1, 0.15) is 6.61 Å². The minimum absolute atomic E-state index is 0.0550. The third-order valence-corrected chi connectivity index (χ3v) is 18.6. The largest absolute Gasteiger partial charge is 0.472 e. The van der Waals surface area contributed by atoms with E-state index in [9.17, 15) is 19.0 Å². The summed E-state index contributed by atoms with van der Waals surface area (Å²) in [6, 6.07) is 0. The first kappa shape index (κ1) is 88.5. The van der Waals surface area contributed by atoms with Gasteiger partial charge in [-0.05, 0) is 83.5 Å². The van der Waals surface area contributed by atoms with Crippen LogP contribution in [0.1, 0.15) is 399 Å². The highest BCUT2D eigenvalue weighted by Gasteiger charge is 2.26. The number of ether oxygens (including phenoxy) is 2. The van der Waals surface area contributed by atoms with Crippen molar-refractivity contribution in [2.45, 2.75) is 405 Å². The number of hydrogen-bond acceptors (Lipinski definition) is 8. The quantitative estimate of drug-likeness (QED) is 0.0264. The molecule has 0 bridgehead atoms. The third kappa shape index (κ3) is 76.4. The molecular weight excluding hydrogens is 1150 g/mol. The molecule has 0 aliphatic rings. The molecule has 2 atom stereocenters. The number of carbonyl (C=O) groups is 2. The molecule has 0 spiro atoms. The Bertz CT molecular complexity index is 1720. The van der Waals surface area contributed by atoms with Gasteiger partial charge in [0, 0.05) is 19.4 Å². The third-order valence-electron chi connectivity index (χ3n) is 17.6. The van der Waals surface area contributed by atoms with E-state index < -0.39 is 26.5 Å². The van der Waals surface area contributed by atoms with Gasteiger partial charge in [0.15, 0.2) is 6.10 Å². The highest BCUT2D eigenvalue weighted by Crippen LogP contribution is 2.43. The number of esters is 2. The molecule has 0 aromatic carbocycles. The first-order valence-corrected chi connectivity index (χ1v) is 40.9. The lowest BCUT2D eigenvalue weighted by Gasteiger charge is -2.19. The summed E-state index contributed by atoms with van der Waals surface area (Å²) in [6.07, 6.45) is 102. The van der Waals surface area contributed by atoms with E-state index >= 15 is 0 Å². The van der Waals surface area contributed by atoms with Crippen molar-refractivity contribution in [1.29, 1.82) is 0 Å². The van der Waals surface area contributed by atoms with Crippen molar-refractivity contribution in [2.75, 3.05) is 26.4 Å². The summed E-state index contributed by atoms with van der Waals surface area (Å²) < 4.78 is 33.3. The first-order chi connectivity index (χ1) is 44.8. The summed E-state index contributed by atoms with van der Waals surface area (Å²) in [5, 5.41) is 0. The van der Waals surface area contributed by atoms with Crippen LogP contribution in [0, 0.1) is 0 Å². The van der Waals surface area contributed by atoms with Crippen molar-refractivity contribution in [2.24, 2.45) is 5.73 Å². The Morgan fingerprint density at radius 1 is 0.341 bits per heavy atom. The van der Waals surface area contributed by atoms with Gasteiger partial charge in [-0.25, -0.2) is 4.57 Å². The van der Waals surface area contributed by atoms with Crippen molar-refractivity contribution >= 4 is 19.8 Å². The molecule has 2 unspecified atom stereocenters. The molecule has 0 aromatic heterocycles. The van der Waals surface area contributed by atoms with E-state index in [0.717, 1.165) is 64.2 Å². The summed E-state index contributed by atoms with van der Waals surface area (Å²) in [5.74, 6) is -0.805. The van der Waals surface area contributed by atoms with Gasteiger partial charge in [0.25, 0.3) is 0 Å². The van der Waals surface area contributed by atoms with Crippen molar-refractivity contribution in [3.8, 4) is 0 Å². The fraction of sp³-hybridized carbons (Fsp3) is 0.827. The van der Waals surface area contributed by atoms with E-state index in [1.54, 1.807) is 0 Å². The van der Waals surface area contributed by atoms with E-state index in [4.69, 9.17) is 24.3 Å². The van der Waals surface area contributed by atoms with Crippen molar-refractivity contribution < 1.29 is 37.6 Å². The summed E-state index contributed by atoms with van der Waals surface area (Å²) in [6.45, 7) is 3.69. The Balaban J connectivity index is 3.76. The molecule has 0 saturated carbocycles. The van der Waals surface area contributed by atoms with Gasteiger partial charge in [-0.15, -0.1) is 0 Å². The van der Waals surface area contributed by atoms with Gasteiger partial charge in [-0.2, -0.15) is 0 Å². The van der Waals surface area contributed by atoms with Crippen molar-refractivity contribution in [3.63, 3.8) is 0 Å². The number of unbranched alkanes of at least 4 members (excludes halogenated alkanes) is 50. The normalized spacial score (nSPS) is 13.2. The standard InChI is InChI=1S/C81H150NO8P/c1-3-5-7-9-11-13-15-17-19-21-23-25-27-29-31-33-35-36-37-38-39-40-41-42-44-46-48-50-52-54-56-58-60-62-64-66-68-70-72-74-81(84)90-79(78-89-91(85,86)88-76-75-82)77-87-80(83)73-71-69-67-65-63-61-59-57-55-53-51-49-47-45-43-34-32-30-28-26-24-22-20-18-16-14-12-10-8-6-4-2/h5,7,11,13,16-19,22-25,79H,3-4,6,8-10,12,14-15,20-21,26-78,82H2,1-2H3,(H,85,86)/b7-5-,13-11-,18-16-,19-17-,24-22-,25-23-. The van der Waals surface area contributed by atoms with E-state index in [0.29, 0.717) is 6.42 Å². The molecule has 10 heteroatoms. The van der Waals surface area contributed by atoms with Crippen LogP contribution < -0.4 is 5.73 Å². The topological polar surface area (TPSA) is 134 Å². The average molecular weight is 1300 g/mol. The van der Waals surface area contributed by atoms with E-state index in [2.05, 4.69) is 86.8 Å². The Morgan fingerprint density at radius 2 is 0.604 bits per heavy atom. The molecule has 0 fully saturated rings. The maximum Gasteiger partial charge on any atom is 0.472 e. The molecular formula is C81H150NO8P. The lowest BCUT2D eigenvalue weighted by molar-refractivity contribution is -0.161. The second kappa shape index (κ2) is 76.5. The minimum atomic E-state index is -4.39. The van der Waals surface area contributed by atoms with Gasteiger partial charge in [-0.1, -0.05) is 376 Å². The van der Waals surface area contributed by atoms with Crippen molar-refractivity contribution in [1.82, 2.24) is 0 Å². The number of hydrogen-bond donors (Lipinski definition) is 2. The average Bonchev–Trinajstić information content (AvgIpc) is 3.71. The Labute approximate surface area is 564 Å². The summed E-state index contributed by atoms with van der Waals surface area (Å²) in [5.41, 5.74) is 5.41. The van der Waals surface area contributed by atoms with Crippen LogP contribution in [0.3, 0.4) is 0 Å². The molecule has 0 rings (SSSR count). The second-order valence-corrected chi connectivity index (χ2v) is 28.0.